The van der Waals surface area contributed by atoms with Crippen molar-refractivity contribution in [1.29, 1.82) is 0 Å². The van der Waals surface area contributed by atoms with Gasteiger partial charge in [0.1, 0.15) is 0 Å². The highest BCUT2D eigenvalue weighted by Gasteiger charge is 2.54. The van der Waals surface area contributed by atoms with Crippen LogP contribution in [0.3, 0.4) is 0 Å². The molecule has 0 unspecified atom stereocenters. The third-order valence-corrected chi connectivity index (χ3v) is 7.49. The number of hydrogen-bond acceptors (Lipinski definition) is 4. The van der Waals surface area contributed by atoms with Crippen molar-refractivity contribution in [2.75, 3.05) is 23.4 Å². The minimum absolute atomic E-state index is 0.0938. The highest BCUT2D eigenvalue weighted by atomic mass is 16.2. The number of para-hydroxylation sites is 1. The number of nitrogens with one attached hydrogen (secondary N) is 1. The van der Waals surface area contributed by atoms with Crippen molar-refractivity contribution in [3.63, 3.8) is 0 Å². The van der Waals surface area contributed by atoms with Crippen LogP contribution >= 0.6 is 0 Å². The van der Waals surface area contributed by atoms with Crippen LogP contribution in [-0.2, 0) is 4.79 Å². The molecule has 29 heavy (non-hydrogen) atoms. The molecule has 1 aromatic carbocycles. The van der Waals surface area contributed by atoms with Crippen LogP contribution in [0, 0.1) is 23.2 Å². The largest absolute Gasteiger partial charge is 0.341 e. The zero-order valence-electron chi connectivity index (χ0n) is 17.9. The van der Waals surface area contributed by atoms with E-state index in [9.17, 15) is 9.59 Å². The fraction of sp³-hybridized carbons (Fsp3) is 0.609. The number of amides is 1. The van der Waals surface area contributed by atoms with Crippen LogP contribution in [0.4, 0.5) is 5.95 Å². The summed E-state index contributed by atoms with van der Waals surface area (Å²) in [6.07, 6.45) is 4.04. The molecule has 3 saturated carbocycles. The van der Waals surface area contributed by atoms with Crippen LogP contribution in [-0.4, -0.2) is 28.7 Å². The number of rotatable bonds is 6. The summed E-state index contributed by atoms with van der Waals surface area (Å²) in [5, 5.41) is 0.518. The smallest absolute Gasteiger partial charge is 0.281 e. The van der Waals surface area contributed by atoms with E-state index in [1.807, 2.05) is 36.9 Å². The molecule has 1 amide bonds. The second kappa shape index (κ2) is 7.47. The summed E-state index contributed by atoms with van der Waals surface area (Å²) in [4.78, 5) is 32.8. The lowest BCUT2D eigenvalue weighted by molar-refractivity contribution is -0.129. The highest BCUT2D eigenvalue weighted by molar-refractivity contribution is 5.85. The van der Waals surface area contributed by atoms with Crippen LogP contribution in [0.5, 0.6) is 0 Å². The normalized spacial score (nSPS) is 24.8. The van der Waals surface area contributed by atoms with E-state index >= 15 is 0 Å². The minimum atomic E-state index is -0.224. The Kier molecular flexibility index (Phi) is 5.13. The van der Waals surface area contributed by atoms with Crippen molar-refractivity contribution < 1.29 is 4.79 Å². The summed E-state index contributed by atoms with van der Waals surface area (Å²) in [5.74, 6) is 2.23. The van der Waals surface area contributed by atoms with E-state index in [-0.39, 0.29) is 11.5 Å². The van der Waals surface area contributed by atoms with Gasteiger partial charge in [0.05, 0.1) is 10.9 Å². The average molecular weight is 397 g/mol. The summed E-state index contributed by atoms with van der Waals surface area (Å²) in [5.41, 5.74) is 3.67. The van der Waals surface area contributed by atoms with Gasteiger partial charge in [-0.1, -0.05) is 26.0 Å². The molecule has 3 aliphatic rings. The number of benzene rings is 1. The Bertz CT molecular complexity index is 974. The maximum Gasteiger partial charge on any atom is 0.281 e. The first-order valence-electron chi connectivity index (χ1n) is 10.9. The Hall–Kier alpha value is -2.37. The summed E-state index contributed by atoms with van der Waals surface area (Å²) in [6.45, 7) is 10.1. The Balaban J connectivity index is 1.62. The van der Waals surface area contributed by atoms with Crippen molar-refractivity contribution >= 4 is 22.8 Å². The summed E-state index contributed by atoms with van der Waals surface area (Å²) in [7, 11) is 0. The van der Waals surface area contributed by atoms with Crippen LogP contribution in [0.1, 0.15) is 53.4 Å². The van der Waals surface area contributed by atoms with E-state index in [0.717, 1.165) is 12.3 Å². The molecule has 1 heterocycles. The lowest BCUT2D eigenvalue weighted by Gasteiger charge is -2.60. The van der Waals surface area contributed by atoms with Gasteiger partial charge < -0.3 is 4.90 Å². The molecule has 6 heteroatoms. The SMILES string of the molecule is CCN(CC)c1nc2ccccc2c(=O)n1NC(=O)C[C@@H]1CC[C@H]2C[C@H]1C2(C)C. The van der Waals surface area contributed by atoms with E-state index in [1.165, 1.54) is 17.5 Å². The van der Waals surface area contributed by atoms with Crippen molar-refractivity contribution in [2.45, 2.75) is 53.4 Å². The van der Waals surface area contributed by atoms with Crippen molar-refractivity contribution in [3.05, 3.63) is 34.6 Å². The average Bonchev–Trinajstić information content (AvgIpc) is 2.71. The van der Waals surface area contributed by atoms with Gasteiger partial charge in [0.25, 0.3) is 5.56 Å². The second-order valence-corrected chi connectivity index (χ2v) is 9.18. The zero-order chi connectivity index (χ0) is 20.8. The lowest BCUT2D eigenvalue weighted by Crippen LogP contribution is -2.53. The predicted octanol–water partition coefficient (Wildman–Crippen LogP) is 3.78. The zero-order valence-corrected chi connectivity index (χ0v) is 17.9. The molecule has 0 spiro atoms. The quantitative estimate of drug-likeness (QED) is 0.807. The fourth-order valence-corrected chi connectivity index (χ4v) is 5.56. The third-order valence-electron chi connectivity index (χ3n) is 7.49. The fourth-order valence-electron chi connectivity index (χ4n) is 5.56. The molecule has 0 aliphatic heterocycles. The van der Waals surface area contributed by atoms with Crippen molar-refractivity contribution in [1.82, 2.24) is 9.66 Å². The number of carbonyl (C=O) groups excluding carboxylic acids is 1. The molecular weight excluding hydrogens is 364 g/mol. The van der Waals surface area contributed by atoms with Gasteiger partial charge in [-0.3, -0.25) is 15.0 Å². The Morgan fingerprint density at radius 2 is 1.97 bits per heavy atom. The molecule has 0 saturated heterocycles. The van der Waals surface area contributed by atoms with Crippen LogP contribution in [0.15, 0.2) is 29.1 Å². The molecule has 3 atom stereocenters. The molecule has 1 aromatic heterocycles. The number of hydrogen-bond donors (Lipinski definition) is 1. The third kappa shape index (κ3) is 3.32. The molecule has 1 N–H and O–H groups in total. The summed E-state index contributed by atoms with van der Waals surface area (Å²) < 4.78 is 1.36. The molecule has 0 radical (unpaired) electrons. The van der Waals surface area contributed by atoms with Gasteiger partial charge in [-0.05, 0) is 68.4 Å². The minimum Gasteiger partial charge on any atom is -0.341 e. The van der Waals surface area contributed by atoms with E-state index in [2.05, 4.69) is 19.3 Å². The van der Waals surface area contributed by atoms with Gasteiger partial charge in [0, 0.05) is 19.5 Å². The first-order chi connectivity index (χ1) is 13.9. The van der Waals surface area contributed by atoms with Crippen molar-refractivity contribution in [3.8, 4) is 0 Å². The van der Waals surface area contributed by atoms with Crippen molar-refractivity contribution in [2.24, 2.45) is 23.2 Å². The topological polar surface area (TPSA) is 67.2 Å². The Morgan fingerprint density at radius 1 is 1.24 bits per heavy atom. The maximum absolute atomic E-state index is 13.2. The van der Waals surface area contributed by atoms with Gasteiger partial charge >= 0.3 is 0 Å². The Labute approximate surface area is 172 Å². The number of aromatic nitrogens is 2. The van der Waals surface area contributed by atoms with E-state index in [4.69, 9.17) is 4.98 Å². The monoisotopic (exact) mass is 396 g/mol. The standard InChI is InChI=1S/C23H32N4O2/c1-5-26(6-2)22-24-19-10-8-7-9-17(19)21(29)27(22)25-20(28)13-15-11-12-16-14-18(15)23(16,3)4/h7-10,15-16,18H,5-6,11-14H2,1-4H3,(H,25,28)/t15-,16-,18+/m0/s1. The van der Waals surface area contributed by atoms with Gasteiger partial charge in [-0.2, -0.15) is 4.68 Å². The van der Waals surface area contributed by atoms with E-state index in [1.54, 1.807) is 6.07 Å². The summed E-state index contributed by atoms with van der Waals surface area (Å²) in [6, 6.07) is 7.30. The number of nitrogens with zero attached hydrogens (tertiary/aromatic N) is 3. The molecule has 156 valence electrons. The molecule has 5 rings (SSSR count). The number of fused-ring (bicyclic) bond motifs is 3. The number of anilines is 1. The lowest BCUT2D eigenvalue weighted by atomic mass is 9.45. The molecular formula is C23H32N4O2. The second-order valence-electron chi connectivity index (χ2n) is 9.18. The van der Waals surface area contributed by atoms with Gasteiger partial charge in [0.2, 0.25) is 11.9 Å². The molecule has 6 nitrogen and oxygen atoms in total. The number of carbonyl (C=O) groups is 1. The molecule has 3 aliphatic carbocycles. The molecule has 2 bridgehead atoms. The van der Waals surface area contributed by atoms with E-state index < -0.39 is 0 Å². The van der Waals surface area contributed by atoms with E-state index in [0.29, 0.717) is 53.6 Å². The van der Waals surface area contributed by atoms with Gasteiger partial charge in [-0.15, -0.1) is 0 Å². The predicted molar refractivity (Wildman–Crippen MR) is 117 cm³/mol. The van der Waals surface area contributed by atoms with Gasteiger partial charge in [-0.25, -0.2) is 4.98 Å². The van der Waals surface area contributed by atoms with Crippen LogP contribution in [0.25, 0.3) is 10.9 Å². The highest BCUT2D eigenvalue weighted by Crippen LogP contribution is 2.61. The first-order valence-corrected chi connectivity index (χ1v) is 10.9. The van der Waals surface area contributed by atoms with Crippen LogP contribution in [0.2, 0.25) is 0 Å². The first kappa shape index (κ1) is 19.9. The summed E-state index contributed by atoms with van der Waals surface area (Å²) >= 11 is 0. The Morgan fingerprint density at radius 3 is 2.62 bits per heavy atom. The maximum atomic E-state index is 13.2. The van der Waals surface area contributed by atoms with Gasteiger partial charge in [0.15, 0.2) is 0 Å². The molecule has 3 fully saturated rings. The molecule has 2 aromatic rings. The van der Waals surface area contributed by atoms with Crippen LogP contribution < -0.4 is 15.9 Å².